The Morgan fingerprint density at radius 1 is 0.955 bits per heavy atom. The zero-order valence-corrected chi connectivity index (χ0v) is 49.9. The highest BCUT2D eigenvalue weighted by atomic mass is 33.1. The molecule has 1 aliphatic heterocycles. The number of hydrogen-bond donors (Lipinski definition) is 9. The number of Topliss-reactive ketones (excluding diaryl/α,β-unsaturated/α-hetero) is 1. The topological polar surface area (TPSA) is 389 Å². The molecule has 1 saturated heterocycles. The number of fused-ring (bicyclic) bond motifs is 4. The molecule has 0 bridgehead atoms. The summed E-state index contributed by atoms with van der Waals surface area (Å²) < 4.78 is 29.1. The molecule has 88 heavy (non-hydrogen) atoms. The quantitative estimate of drug-likeness (QED) is 0.0184. The first-order valence-electron chi connectivity index (χ1n) is 28.6. The van der Waals surface area contributed by atoms with Crippen molar-refractivity contribution < 1.29 is 77.4 Å². The molecule has 1 unspecified atom stereocenters. The summed E-state index contributed by atoms with van der Waals surface area (Å²) in [6, 6.07) is 10.4. The average Bonchev–Trinajstić information content (AvgIpc) is 0.784. The molecule has 3 heterocycles. The van der Waals surface area contributed by atoms with Gasteiger partial charge in [-0.25, -0.2) is 24.4 Å². The number of anilines is 2. The van der Waals surface area contributed by atoms with Gasteiger partial charge in [0.05, 0.1) is 49.4 Å². The molecule has 9 atom stereocenters. The van der Waals surface area contributed by atoms with E-state index in [0.717, 1.165) is 47.3 Å². The number of nitrogens with zero attached hydrogens (tertiary/aromatic N) is 3. The molecule has 5 aromatic rings. The molecule has 3 aliphatic carbocycles. The minimum Gasteiger partial charge on any atom is -0.496 e. The van der Waals surface area contributed by atoms with Crippen LogP contribution in [0.25, 0.3) is 11.2 Å². The number of amides is 3. The number of nitrogens with one attached hydrogen (secondary N) is 5. The standard InChI is InChI=1S/C60H67N9O17S2/c1-30-50(72)42(24-47(84-30)86-45-26-60(81,31(2)70)25-33-22-39-40(23-38(33)45)52(74)48-37(51(39)73)12-9-13-44(48)82-3)67-59(80)83-20-21-87-88-29-43(56(77)78)65-46(71)19-18-41(57(79)85-36-10-7-5-4-6-8-11-36)66-54(75)32-14-16-34(17-15-32)62-27-35-28-63-53-49(64-35)55(76)69-58(61)68-53/h7,9-10,12-17,22-23,28,30,36,41-43,45,47,50,62,72,81H,4-6,8,11,18-21,24-27,29H2,1-3H3,(H,65,71)(H,66,75)(H,67,80)(H,77,78)(H3,61,63,68,69,76)/b10-7+/t30-,36?,41+,42+,43+,45-,47-,50+,60-/m0/s1. The van der Waals surface area contributed by atoms with Crippen molar-refractivity contribution in [3.05, 3.63) is 128 Å². The highest BCUT2D eigenvalue weighted by molar-refractivity contribution is 8.76. The predicted octanol–water partition coefficient (Wildman–Crippen LogP) is 4.57. The molecule has 28 heteroatoms. The van der Waals surface area contributed by atoms with Gasteiger partial charge in [-0.05, 0) is 106 Å². The third-order valence-corrected chi connectivity index (χ3v) is 17.9. The molecule has 3 amide bonds. The van der Waals surface area contributed by atoms with Crippen molar-refractivity contribution in [2.45, 2.75) is 139 Å². The van der Waals surface area contributed by atoms with Crippen molar-refractivity contribution in [3.8, 4) is 5.75 Å². The number of hydrogen-bond acceptors (Lipinski definition) is 23. The highest BCUT2D eigenvalue weighted by Crippen LogP contribution is 2.44. The molecule has 26 nitrogen and oxygen atoms in total. The number of esters is 1. The van der Waals surface area contributed by atoms with E-state index in [1.807, 2.05) is 12.2 Å². The van der Waals surface area contributed by atoms with Gasteiger partial charge >= 0.3 is 18.0 Å². The Morgan fingerprint density at radius 2 is 1.74 bits per heavy atom. The Bertz CT molecular complexity index is 3590. The third-order valence-electron chi connectivity index (χ3n) is 15.5. The second kappa shape index (κ2) is 28.7. The first-order chi connectivity index (χ1) is 42.2. The number of allylic oxidation sites excluding steroid dienone is 1. The number of H-pyrrole nitrogens is 1. The molecule has 9 rings (SSSR count). The number of carbonyl (C=O) groups excluding carboxylic acids is 7. The predicted molar refractivity (Wildman–Crippen MR) is 321 cm³/mol. The molecule has 1 fully saturated rings. The Kier molecular flexibility index (Phi) is 20.9. The summed E-state index contributed by atoms with van der Waals surface area (Å²) in [4.78, 5) is 134. The lowest BCUT2D eigenvalue weighted by molar-refractivity contribution is -0.248. The van der Waals surface area contributed by atoms with E-state index in [9.17, 15) is 58.5 Å². The number of carbonyl (C=O) groups is 8. The van der Waals surface area contributed by atoms with Crippen LogP contribution in [-0.2, 0) is 51.1 Å². The molecule has 10 N–H and O–H groups in total. The van der Waals surface area contributed by atoms with Gasteiger partial charge in [-0.2, -0.15) is 4.98 Å². The van der Waals surface area contributed by atoms with Crippen molar-refractivity contribution in [3.63, 3.8) is 0 Å². The minimum absolute atomic E-state index is 0.0190. The van der Waals surface area contributed by atoms with Crippen LogP contribution >= 0.6 is 21.6 Å². The van der Waals surface area contributed by atoms with Gasteiger partial charge in [0.2, 0.25) is 11.9 Å². The van der Waals surface area contributed by atoms with Gasteiger partial charge in [0.15, 0.2) is 34.8 Å². The zero-order valence-electron chi connectivity index (χ0n) is 48.2. The van der Waals surface area contributed by atoms with E-state index in [1.54, 1.807) is 31.2 Å². The summed E-state index contributed by atoms with van der Waals surface area (Å²) in [6.07, 6.45) is 2.59. The van der Waals surface area contributed by atoms with Crippen LogP contribution in [0.3, 0.4) is 0 Å². The van der Waals surface area contributed by atoms with Gasteiger partial charge in [0, 0.05) is 65.1 Å². The van der Waals surface area contributed by atoms with Crippen LogP contribution in [0.5, 0.6) is 5.75 Å². The molecule has 0 saturated carbocycles. The van der Waals surface area contributed by atoms with E-state index in [1.165, 1.54) is 50.6 Å². The minimum atomic E-state index is -1.90. The zero-order chi connectivity index (χ0) is 62.8. The average molecular weight is 1250 g/mol. The van der Waals surface area contributed by atoms with Gasteiger partial charge in [-0.15, -0.1) is 0 Å². The number of aliphatic hydroxyl groups is 2. The SMILES string of the molecule is COc1cccc2c1C(=O)c1cc3c(cc1C2=O)C[C@@](O)(C(C)=O)C[C@@H]3O[C@H]1C[C@@H](NC(=O)OCCSSC[C@@H](NC(=O)CC[C@@H](NC(=O)c2ccc(NCc3cnc4nc(N)[nH]c(=O)c4n3)cc2)C(=O)OC2/C=C/CCCCC2)C(=O)O)[C@H](O)[C@H](C)O1. The number of carboxylic acids is 1. The summed E-state index contributed by atoms with van der Waals surface area (Å²) in [6.45, 7) is 2.83. The van der Waals surface area contributed by atoms with Gasteiger partial charge in [0.1, 0.15) is 42.2 Å². The number of aliphatic carboxylic acids is 1. The van der Waals surface area contributed by atoms with Crippen LogP contribution in [0.2, 0.25) is 0 Å². The number of ether oxygens (including phenoxy) is 5. The first kappa shape index (κ1) is 64.2. The largest absolute Gasteiger partial charge is 0.496 e. The molecule has 466 valence electrons. The lowest BCUT2D eigenvalue weighted by atomic mass is 9.73. The van der Waals surface area contributed by atoms with E-state index in [-0.39, 0.29) is 107 Å². The Balaban J connectivity index is 0.741. The van der Waals surface area contributed by atoms with E-state index in [2.05, 4.69) is 41.2 Å². The molecular formula is C60H67N9O17S2. The summed E-state index contributed by atoms with van der Waals surface area (Å²) in [5.74, 6) is -4.63. The first-order valence-corrected chi connectivity index (χ1v) is 31.1. The fourth-order valence-corrected chi connectivity index (χ4v) is 12.7. The van der Waals surface area contributed by atoms with Crippen molar-refractivity contribution in [2.75, 3.05) is 36.3 Å². The van der Waals surface area contributed by atoms with Gasteiger partial charge in [-0.3, -0.25) is 33.8 Å². The normalized spacial score (nSPS) is 22.4. The van der Waals surface area contributed by atoms with E-state index < -0.39 is 107 Å². The number of rotatable bonds is 23. The van der Waals surface area contributed by atoms with Crippen molar-refractivity contribution >= 4 is 91.6 Å². The smallest absolute Gasteiger partial charge is 0.407 e. The lowest BCUT2D eigenvalue weighted by Gasteiger charge is -2.42. The van der Waals surface area contributed by atoms with Crippen molar-refractivity contribution in [2.24, 2.45) is 0 Å². The summed E-state index contributed by atoms with van der Waals surface area (Å²) in [7, 11) is 3.65. The summed E-state index contributed by atoms with van der Waals surface area (Å²) in [5, 5.41) is 43.7. The van der Waals surface area contributed by atoms with Gasteiger partial charge < -0.3 is 66.0 Å². The number of alkyl carbamates (subject to hydrolysis) is 1. The number of methoxy groups -OCH3 is 1. The van der Waals surface area contributed by atoms with Gasteiger partial charge in [-0.1, -0.05) is 46.2 Å². The Morgan fingerprint density at radius 3 is 2.50 bits per heavy atom. The third kappa shape index (κ3) is 15.5. The molecule has 3 aromatic carbocycles. The Hall–Kier alpha value is -8.28. The maximum absolute atomic E-state index is 14.0. The monoisotopic (exact) mass is 1250 g/mol. The van der Waals surface area contributed by atoms with Crippen molar-refractivity contribution in [1.29, 1.82) is 0 Å². The van der Waals surface area contributed by atoms with Crippen LogP contribution in [0.15, 0.2) is 77.7 Å². The van der Waals surface area contributed by atoms with Crippen LogP contribution in [-0.4, -0.2) is 156 Å². The number of benzene rings is 3. The molecule has 0 spiro atoms. The number of nitrogen functional groups attached to an aromatic ring is 1. The lowest BCUT2D eigenvalue weighted by Crippen LogP contribution is -2.55. The number of ketones is 3. The van der Waals surface area contributed by atoms with Crippen LogP contribution in [0, 0.1) is 0 Å². The summed E-state index contributed by atoms with van der Waals surface area (Å²) in [5.41, 5.74) is 5.82. The summed E-state index contributed by atoms with van der Waals surface area (Å²) >= 11 is 0. The van der Waals surface area contributed by atoms with E-state index in [4.69, 9.17) is 29.4 Å². The fraction of sp³-hybridized carbons (Fsp3) is 0.433. The Labute approximate surface area is 511 Å². The molecule has 4 aliphatic rings. The fourth-order valence-electron chi connectivity index (χ4n) is 10.7. The number of carboxylic acid groups (broad SMARTS) is 1. The van der Waals surface area contributed by atoms with Crippen LogP contribution in [0.4, 0.5) is 16.4 Å². The van der Waals surface area contributed by atoms with Crippen LogP contribution in [0.1, 0.15) is 137 Å². The van der Waals surface area contributed by atoms with E-state index >= 15 is 0 Å². The van der Waals surface area contributed by atoms with Crippen molar-refractivity contribution in [1.82, 2.24) is 35.9 Å². The maximum Gasteiger partial charge on any atom is 0.407 e. The molecular weight excluding hydrogens is 1180 g/mol. The number of nitrogens with two attached hydrogens (primary N) is 1. The maximum atomic E-state index is 14.0. The second-order valence-electron chi connectivity index (χ2n) is 21.7. The van der Waals surface area contributed by atoms with E-state index in [0.29, 0.717) is 28.9 Å². The van der Waals surface area contributed by atoms with Crippen LogP contribution < -0.4 is 37.3 Å². The number of aliphatic hydroxyl groups excluding tert-OH is 1. The molecule has 2 aromatic heterocycles. The molecule has 0 radical (unpaired) electrons. The van der Waals surface area contributed by atoms with Gasteiger partial charge in [0.25, 0.3) is 11.5 Å². The second-order valence-corrected chi connectivity index (χ2v) is 24.3. The highest BCUT2D eigenvalue weighted by Gasteiger charge is 2.46. The number of aromatic amines is 1. The number of aromatic nitrogens is 4.